The van der Waals surface area contributed by atoms with Crippen molar-refractivity contribution in [2.24, 2.45) is 0 Å². The Morgan fingerprint density at radius 2 is 2.21 bits per heavy atom. The molecule has 1 aromatic carbocycles. The van der Waals surface area contributed by atoms with E-state index in [-0.39, 0.29) is 17.6 Å². The molecule has 1 rings (SSSR count). The van der Waals surface area contributed by atoms with E-state index in [9.17, 15) is 9.59 Å². The number of benzene rings is 1. The van der Waals surface area contributed by atoms with E-state index in [1.165, 1.54) is 18.9 Å². The van der Waals surface area contributed by atoms with Gasteiger partial charge in [-0.3, -0.25) is 9.59 Å². The lowest BCUT2D eigenvalue weighted by atomic mass is 10.2. The summed E-state index contributed by atoms with van der Waals surface area (Å²) in [6.07, 6.45) is 0. The zero-order valence-electron chi connectivity index (χ0n) is 10.6. The summed E-state index contributed by atoms with van der Waals surface area (Å²) in [5.74, 6) is -0.472. The Morgan fingerprint density at radius 3 is 2.79 bits per heavy atom. The van der Waals surface area contributed by atoms with Gasteiger partial charge < -0.3 is 15.8 Å². The molecule has 3 N–H and O–H groups in total. The van der Waals surface area contributed by atoms with Gasteiger partial charge in [-0.1, -0.05) is 11.6 Å². The van der Waals surface area contributed by atoms with E-state index < -0.39 is 5.25 Å². The van der Waals surface area contributed by atoms with Crippen LogP contribution >= 0.6 is 23.4 Å². The van der Waals surface area contributed by atoms with Crippen LogP contribution in [0.15, 0.2) is 18.2 Å². The van der Waals surface area contributed by atoms with Gasteiger partial charge in [-0.05, 0) is 25.1 Å². The highest BCUT2D eigenvalue weighted by Gasteiger charge is 2.16. The number of hydrogen-bond donors (Lipinski definition) is 2. The molecular weight excluding hydrogens is 288 g/mol. The van der Waals surface area contributed by atoms with Gasteiger partial charge >= 0.3 is 5.97 Å². The first-order valence-electron chi connectivity index (χ1n) is 5.48. The maximum Gasteiger partial charge on any atom is 0.315 e. The van der Waals surface area contributed by atoms with Gasteiger partial charge in [-0.2, -0.15) is 0 Å². The van der Waals surface area contributed by atoms with Gasteiger partial charge in [0, 0.05) is 5.02 Å². The summed E-state index contributed by atoms with van der Waals surface area (Å²) >= 11 is 6.96. The lowest BCUT2D eigenvalue weighted by Gasteiger charge is -2.13. The smallest absolute Gasteiger partial charge is 0.315 e. The number of hydrogen-bond acceptors (Lipinski definition) is 5. The SMILES string of the molecule is COC(=O)CSC(C)C(=O)Nc1ccc(Cl)cc1N. The summed E-state index contributed by atoms with van der Waals surface area (Å²) in [5, 5.41) is 2.79. The van der Waals surface area contributed by atoms with Gasteiger partial charge in [0.1, 0.15) is 0 Å². The number of nitrogens with one attached hydrogen (secondary N) is 1. The summed E-state index contributed by atoms with van der Waals surface area (Å²) in [7, 11) is 1.31. The van der Waals surface area contributed by atoms with Crippen molar-refractivity contribution in [3.63, 3.8) is 0 Å². The molecule has 0 aliphatic carbocycles. The van der Waals surface area contributed by atoms with Crippen molar-refractivity contribution in [2.45, 2.75) is 12.2 Å². The molecule has 0 bridgehead atoms. The monoisotopic (exact) mass is 302 g/mol. The Kier molecular flexibility index (Phi) is 5.98. The molecule has 0 aliphatic rings. The number of nitrogen functional groups attached to an aromatic ring is 1. The van der Waals surface area contributed by atoms with Crippen LogP contribution in [0.4, 0.5) is 11.4 Å². The first-order valence-corrected chi connectivity index (χ1v) is 6.91. The summed E-state index contributed by atoms with van der Waals surface area (Å²) in [5.41, 5.74) is 6.63. The second kappa shape index (κ2) is 7.25. The third-order valence-electron chi connectivity index (χ3n) is 2.32. The van der Waals surface area contributed by atoms with Crippen molar-refractivity contribution in [3.8, 4) is 0 Å². The van der Waals surface area contributed by atoms with Crippen LogP contribution in [0.3, 0.4) is 0 Å². The Morgan fingerprint density at radius 1 is 1.53 bits per heavy atom. The van der Waals surface area contributed by atoms with Gasteiger partial charge in [0.05, 0.1) is 29.5 Å². The maximum absolute atomic E-state index is 11.9. The van der Waals surface area contributed by atoms with E-state index in [2.05, 4.69) is 10.1 Å². The number of methoxy groups -OCH3 is 1. The van der Waals surface area contributed by atoms with Gasteiger partial charge in [0.25, 0.3) is 0 Å². The number of thioether (sulfide) groups is 1. The molecule has 1 unspecified atom stereocenters. The fourth-order valence-electron chi connectivity index (χ4n) is 1.21. The second-order valence-electron chi connectivity index (χ2n) is 3.75. The van der Waals surface area contributed by atoms with Crippen LogP contribution in [0.5, 0.6) is 0 Å². The first-order chi connectivity index (χ1) is 8.93. The van der Waals surface area contributed by atoms with Crippen molar-refractivity contribution in [1.82, 2.24) is 0 Å². The number of amides is 1. The standard InChI is InChI=1S/C12H15ClN2O3S/c1-7(19-6-11(16)18-2)12(17)15-10-4-3-8(13)5-9(10)14/h3-5,7H,6,14H2,1-2H3,(H,15,17). The summed E-state index contributed by atoms with van der Waals surface area (Å²) < 4.78 is 4.50. The van der Waals surface area contributed by atoms with Crippen molar-refractivity contribution in [3.05, 3.63) is 23.2 Å². The Bertz CT molecular complexity index is 482. The topological polar surface area (TPSA) is 81.4 Å². The van der Waals surface area contributed by atoms with Crippen LogP contribution in [-0.4, -0.2) is 30.0 Å². The highest BCUT2D eigenvalue weighted by atomic mass is 35.5. The fraction of sp³-hybridized carbons (Fsp3) is 0.333. The lowest BCUT2D eigenvalue weighted by Crippen LogP contribution is -2.24. The number of halogens is 1. The minimum atomic E-state index is -0.394. The molecule has 0 fully saturated rings. The number of esters is 1. The van der Waals surface area contributed by atoms with Gasteiger partial charge in [0.15, 0.2) is 0 Å². The summed E-state index contributed by atoms with van der Waals surface area (Å²) in [6, 6.07) is 4.83. The van der Waals surface area contributed by atoms with E-state index in [1.807, 2.05) is 0 Å². The van der Waals surface area contributed by atoms with Gasteiger partial charge in [0.2, 0.25) is 5.91 Å². The van der Waals surface area contributed by atoms with E-state index in [0.717, 1.165) is 0 Å². The van der Waals surface area contributed by atoms with Crippen LogP contribution < -0.4 is 11.1 Å². The molecule has 0 aliphatic heterocycles. The lowest BCUT2D eigenvalue weighted by molar-refractivity contribution is -0.137. The summed E-state index contributed by atoms with van der Waals surface area (Å²) in [4.78, 5) is 22.9. The van der Waals surface area contributed by atoms with Crippen molar-refractivity contribution < 1.29 is 14.3 Å². The van der Waals surface area contributed by atoms with E-state index in [0.29, 0.717) is 16.4 Å². The average Bonchev–Trinajstić information content (AvgIpc) is 2.38. The van der Waals surface area contributed by atoms with Crippen molar-refractivity contribution >= 4 is 46.6 Å². The minimum absolute atomic E-state index is 0.126. The third kappa shape index (κ3) is 5.00. The third-order valence-corrected chi connectivity index (χ3v) is 3.67. The molecule has 7 heteroatoms. The van der Waals surface area contributed by atoms with Crippen molar-refractivity contribution in [2.75, 3.05) is 23.9 Å². The largest absolute Gasteiger partial charge is 0.468 e. The second-order valence-corrected chi connectivity index (χ2v) is 5.52. The molecule has 0 saturated heterocycles. The zero-order valence-corrected chi connectivity index (χ0v) is 12.2. The number of anilines is 2. The predicted molar refractivity (Wildman–Crippen MR) is 78.4 cm³/mol. The molecule has 0 spiro atoms. The zero-order chi connectivity index (χ0) is 14.4. The predicted octanol–water partition coefficient (Wildman–Crippen LogP) is 2.16. The first kappa shape index (κ1) is 15.7. The maximum atomic E-state index is 11.9. The molecule has 1 amide bonds. The van der Waals surface area contributed by atoms with E-state index >= 15 is 0 Å². The molecule has 0 heterocycles. The molecule has 104 valence electrons. The molecule has 19 heavy (non-hydrogen) atoms. The number of rotatable bonds is 5. The Labute approximate surface area is 120 Å². The van der Waals surface area contributed by atoms with Crippen LogP contribution in [0, 0.1) is 0 Å². The van der Waals surface area contributed by atoms with Gasteiger partial charge in [-0.15, -0.1) is 11.8 Å². The van der Waals surface area contributed by atoms with Gasteiger partial charge in [-0.25, -0.2) is 0 Å². The summed E-state index contributed by atoms with van der Waals surface area (Å²) in [6.45, 7) is 1.70. The highest BCUT2D eigenvalue weighted by Crippen LogP contribution is 2.23. The molecule has 5 nitrogen and oxygen atoms in total. The Hall–Kier alpha value is -1.40. The molecule has 0 saturated carbocycles. The molecular formula is C12H15ClN2O3S. The van der Waals surface area contributed by atoms with Crippen LogP contribution in [0.2, 0.25) is 5.02 Å². The molecule has 0 aromatic heterocycles. The molecule has 1 aromatic rings. The van der Waals surface area contributed by atoms with E-state index in [1.54, 1.807) is 25.1 Å². The number of nitrogens with two attached hydrogens (primary N) is 1. The minimum Gasteiger partial charge on any atom is -0.468 e. The Balaban J connectivity index is 2.56. The number of ether oxygens (including phenoxy) is 1. The fourth-order valence-corrected chi connectivity index (χ4v) is 2.10. The quantitative estimate of drug-likeness (QED) is 0.643. The van der Waals surface area contributed by atoms with Crippen molar-refractivity contribution in [1.29, 1.82) is 0 Å². The highest BCUT2D eigenvalue weighted by molar-refractivity contribution is 8.01. The van der Waals surface area contributed by atoms with Crippen LogP contribution in [0.1, 0.15) is 6.92 Å². The molecule has 0 radical (unpaired) electrons. The van der Waals surface area contributed by atoms with Crippen LogP contribution in [-0.2, 0) is 14.3 Å². The number of carbonyl (C=O) groups excluding carboxylic acids is 2. The van der Waals surface area contributed by atoms with Crippen LogP contribution in [0.25, 0.3) is 0 Å². The molecule has 1 atom stereocenters. The average molecular weight is 303 g/mol. The van der Waals surface area contributed by atoms with E-state index in [4.69, 9.17) is 17.3 Å². The normalized spacial score (nSPS) is 11.7. The number of carbonyl (C=O) groups is 2.